The Labute approximate surface area is 146 Å². The molecule has 1 aromatic carbocycles. The average molecular weight is 388 g/mol. The van der Waals surface area contributed by atoms with Crippen LogP contribution in [0.25, 0.3) is 5.69 Å². The summed E-state index contributed by atoms with van der Waals surface area (Å²) in [5, 5.41) is 4.24. The van der Waals surface area contributed by atoms with E-state index in [1.807, 2.05) is 24.3 Å². The van der Waals surface area contributed by atoms with E-state index in [2.05, 4.69) is 36.9 Å². The number of benzene rings is 1. The zero-order valence-corrected chi connectivity index (χ0v) is 14.3. The Bertz CT molecular complexity index is 869. The highest BCUT2D eigenvalue weighted by molar-refractivity contribution is 9.10. The van der Waals surface area contributed by atoms with Gasteiger partial charge in [0.2, 0.25) is 0 Å². The van der Waals surface area contributed by atoms with Gasteiger partial charge in [-0.1, -0.05) is 15.9 Å². The van der Waals surface area contributed by atoms with Crippen LogP contribution in [0.15, 0.2) is 53.3 Å². The molecule has 3 rings (SSSR count). The quantitative estimate of drug-likeness (QED) is 0.602. The Morgan fingerprint density at radius 2 is 1.83 bits per heavy atom. The number of nitrogens with zero attached hydrogens (tertiary/aromatic N) is 2. The maximum atomic E-state index is 12.2. The molecule has 8 heteroatoms. The van der Waals surface area contributed by atoms with Gasteiger partial charge in [-0.3, -0.25) is 20.4 Å². The van der Waals surface area contributed by atoms with Gasteiger partial charge in [0.15, 0.2) is 0 Å². The molecule has 0 saturated carbocycles. The van der Waals surface area contributed by atoms with Gasteiger partial charge in [0.25, 0.3) is 11.8 Å². The minimum absolute atomic E-state index is 0.359. The van der Waals surface area contributed by atoms with E-state index in [4.69, 9.17) is 0 Å². The van der Waals surface area contributed by atoms with Crippen molar-refractivity contribution in [2.24, 2.45) is 0 Å². The van der Waals surface area contributed by atoms with Gasteiger partial charge in [-0.2, -0.15) is 5.10 Å². The van der Waals surface area contributed by atoms with Crippen LogP contribution in [-0.4, -0.2) is 26.6 Å². The van der Waals surface area contributed by atoms with Gasteiger partial charge in [-0.15, -0.1) is 0 Å². The molecule has 24 heavy (non-hydrogen) atoms. The molecular formula is C16H14BrN5O2. The third kappa shape index (κ3) is 3.23. The van der Waals surface area contributed by atoms with Gasteiger partial charge < -0.3 is 4.98 Å². The number of hydrogen-bond acceptors (Lipinski definition) is 3. The van der Waals surface area contributed by atoms with E-state index in [0.717, 1.165) is 10.2 Å². The summed E-state index contributed by atoms with van der Waals surface area (Å²) >= 11 is 3.38. The van der Waals surface area contributed by atoms with Crippen LogP contribution >= 0.6 is 15.9 Å². The molecular weight excluding hydrogens is 374 g/mol. The zero-order valence-electron chi connectivity index (χ0n) is 12.7. The first-order chi connectivity index (χ1) is 11.6. The molecule has 0 unspecified atom stereocenters. The molecule has 0 aliphatic rings. The van der Waals surface area contributed by atoms with E-state index >= 15 is 0 Å². The van der Waals surface area contributed by atoms with Crippen LogP contribution in [0.3, 0.4) is 0 Å². The molecule has 0 aliphatic heterocycles. The Hall–Kier alpha value is -2.87. The van der Waals surface area contributed by atoms with Crippen LogP contribution in [-0.2, 0) is 0 Å². The normalized spacial score (nSPS) is 10.4. The summed E-state index contributed by atoms with van der Waals surface area (Å²) in [7, 11) is 0. The van der Waals surface area contributed by atoms with Crippen molar-refractivity contribution in [3.05, 3.63) is 70.2 Å². The number of rotatable bonds is 3. The smallest absolute Gasteiger partial charge is 0.286 e. The van der Waals surface area contributed by atoms with Crippen LogP contribution < -0.4 is 10.9 Å². The van der Waals surface area contributed by atoms with Gasteiger partial charge in [0.1, 0.15) is 5.69 Å². The molecule has 0 bridgehead atoms. The fourth-order valence-corrected chi connectivity index (χ4v) is 2.46. The molecule has 0 saturated heterocycles. The number of nitrogens with one attached hydrogen (secondary N) is 3. The number of carbonyl (C=O) groups is 2. The van der Waals surface area contributed by atoms with Crippen LogP contribution in [0.5, 0.6) is 0 Å². The van der Waals surface area contributed by atoms with Crippen molar-refractivity contribution in [2.75, 3.05) is 0 Å². The van der Waals surface area contributed by atoms with Gasteiger partial charge in [0, 0.05) is 10.7 Å². The van der Waals surface area contributed by atoms with Crippen molar-refractivity contribution >= 4 is 27.7 Å². The lowest BCUT2D eigenvalue weighted by atomic mass is 10.2. The van der Waals surface area contributed by atoms with Gasteiger partial charge in [-0.25, -0.2) is 4.68 Å². The molecule has 0 fully saturated rings. The first kappa shape index (κ1) is 16.0. The lowest BCUT2D eigenvalue weighted by Crippen LogP contribution is -2.41. The van der Waals surface area contributed by atoms with Gasteiger partial charge in [-0.05, 0) is 43.3 Å². The first-order valence-electron chi connectivity index (χ1n) is 7.11. The largest absolute Gasteiger partial charge is 0.357 e. The number of carbonyl (C=O) groups excluding carboxylic acids is 2. The van der Waals surface area contributed by atoms with E-state index < -0.39 is 11.8 Å². The van der Waals surface area contributed by atoms with E-state index in [-0.39, 0.29) is 0 Å². The summed E-state index contributed by atoms with van der Waals surface area (Å²) in [4.78, 5) is 26.8. The second kappa shape index (κ2) is 6.71. The number of hydrazine groups is 1. The number of aromatic nitrogens is 3. The maximum Gasteiger partial charge on any atom is 0.286 e. The molecule has 7 nitrogen and oxygen atoms in total. The molecule has 2 amide bonds. The molecule has 122 valence electrons. The third-order valence-electron chi connectivity index (χ3n) is 3.46. The number of amides is 2. The van der Waals surface area contributed by atoms with E-state index in [9.17, 15) is 9.59 Å². The minimum Gasteiger partial charge on any atom is -0.357 e. The Morgan fingerprint density at radius 1 is 1.12 bits per heavy atom. The van der Waals surface area contributed by atoms with E-state index in [1.165, 1.54) is 6.20 Å². The van der Waals surface area contributed by atoms with Crippen LogP contribution in [0.1, 0.15) is 26.5 Å². The first-order valence-corrected chi connectivity index (χ1v) is 7.90. The van der Waals surface area contributed by atoms with Gasteiger partial charge >= 0.3 is 0 Å². The average Bonchev–Trinajstić information content (AvgIpc) is 3.23. The predicted octanol–water partition coefficient (Wildman–Crippen LogP) is 2.35. The summed E-state index contributed by atoms with van der Waals surface area (Å²) in [6.45, 7) is 1.79. The lowest BCUT2D eigenvalue weighted by molar-refractivity contribution is 0.0844. The van der Waals surface area contributed by atoms with Crippen LogP contribution in [0, 0.1) is 6.92 Å². The van der Waals surface area contributed by atoms with Crippen molar-refractivity contribution in [1.29, 1.82) is 0 Å². The summed E-state index contributed by atoms with van der Waals surface area (Å²) in [6.07, 6.45) is 3.09. The molecule has 3 aromatic rings. The third-order valence-corrected chi connectivity index (χ3v) is 3.99. The monoisotopic (exact) mass is 387 g/mol. The molecule has 0 atom stereocenters. The predicted molar refractivity (Wildman–Crippen MR) is 91.7 cm³/mol. The van der Waals surface area contributed by atoms with Crippen molar-refractivity contribution in [3.8, 4) is 5.69 Å². The summed E-state index contributed by atoms with van der Waals surface area (Å²) in [5.41, 5.74) is 6.98. The van der Waals surface area contributed by atoms with Crippen LogP contribution in [0.2, 0.25) is 0 Å². The fraction of sp³-hybridized carbons (Fsp3) is 0.0625. The SMILES string of the molecule is Cc1c(C(=O)NNC(=O)c2ccc[nH]2)cnn1-c1ccc(Br)cc1. The molecule has 2 heterocycles. The minimum atomic E-state index is -0.434. The lowest BCUT2D eigenvalue weighted by Gasteiger charge is -2.07. The Morgan fingerprint density at radius 3 is 2.50 bits per heavy atom. The topological polar surface area (TPSA) is 91.8 Å². The highest BCUT2D eigenvalue weighted by Gasteiger charge is 2.16. The van der Waals surface area contributed by atoms with Crippen LogP contribution in [0.4, 0.5) is 0 Å². The van der Waals surface area contributed by atoms with Gasteiger partial charge in [0.05, 0.1) is 23.1 Å². The Balaban J connectivity index is 1.72. The maximum absolute atomic E-state index is 12.2. The molecule has 2 aromatic heterocycles. The molecule has 3 N–H and O–H groups in total. The zero-order chi connectivity index (χ0) is 17.1. The van der Waals surface area contributed by atoms with Crippen molar-refractivity contribution < 1.29 is 9.59 Å². The summed E-state index contributed by atoms with van der Waals surface area (Å²) in [6, 6.07) is 10.9. The standard InChI is InChI=1S/C16H14BrN5O2/c1-10-13(9-19-22(10)12-6-4-11(17)5-7-12)15(23)20-21-16(24)14-3-2-8-18-14/h2-9,18H,1H3,(H,20,23)(H,21,24). The second-order valence-electron chi connectivity index (χ2n) is 5.02. The number of halogens is 1. The Kier molecular flexibility index (Phi) is 4.48. The fourth-order valence-electron chi connectivity index (χ4n) is 2.19. The highest BCUT2D eigenvalue weighted by atomic mass is 79.9. The number of aromatic amines is 1. The van der Waals surface area contributed by atoms with E-state index in [1.54, 1.807) is 29.9 Å². The molecule has 0 radical (unpaired) electrons. The molecule has 0 aliphatic carbocycles. The molecule has 0 spiro atoms. The highest BCUT2D eigenvalue weighted by Crippen LogP contribution is 2.17. The van der Waals surface area contributed by atoms with E-state index in [0.29, 0.717) is 17.0 Å². The number of hydrogen-bond donors (Lipinski definition) is 3. The summed E-state index contributed by atoms with van der Waals surface area (Å²) < 4.78 is 2.62. The van der Waals surface area contributed by atoms with Crippen molar-refractivity contribution in [1.82, 2.24) is 25.6 Å². The van der Waals surface area contributed by atoms with Crippen molar-refractivity contribution in [2.45, 2.75) is 6.92 Å². The number of H-pyrrole nitrogens is 1. The second-order valence-corrected chi connectivity index (χ2v) is 5.94. The summed E-state index contributed by atoms with van der Waals surface area (Å²) in [5.74, 6) is -0.859. The van der Waals surface area contributed by atoms with Crippen molar-refractivity contribution in [3.63, 3.8) is 0 Å².